The van der Waals surface area contributed by atoms with Crippen LogP contribution in [0.2, 0.25) is 0 Å². The van der Waals surface area contributed by atoms with Crippen LogP contribution in [0, 0.1) is 11.3 Å². The lowest BCUT2D eigenvalue weighted by Crippen LogP contribution is -2.14. The van der Waals surface area contributed by atoms with Gasteiger partial charge in [-0.05, 0) is 6.07 Å². The molecule has 0 N–H and O–H groups in total. The zero-order chi connectivity index (χ0) is 13.2. The molecule has 0 aliphatic heterocycles. The molecule has 92 valence electrons. The van der Waals surface area contributed by atoms with Gasteiger partial charge in [0.1, 0.15) is 6.07 Å². The van der Waals surface area contributed by atoms with Crippen LogP contribution >= 0.6 is 11.6 Å². The van der Waals surface area contributed by atoms with Crippen molar-refractivity contribution in [2.45, 2.75) is 18.5 Å². The summed E-state index contributed by atoms with van der Waals surface area (Å²) in [6.07, 6.45) is -7.92. The van der Waals surface area contributed by atoms with Crippen LogP contribution in [0.3, 0.4) is 0 Å². The Bertz CT molecular complexity index is 464. The number of rotatable bonds is 2. The lowest BCUT2D eigenvalue weighted by Gasteiger charge is -2.12. The van der Waals surface area contributed by atoms with Gasteiger partial charge < -0.3 is 0 Å². The summed E-state index contributed by atoms with van der Waals surface area (Å²) in [4.78, 5) is 3.00. The number of nitrogens with zero attached hydrogens (tertiary/aromatic N) is 2. The number of pyridine rings is 1. The van der Waals surface area contributed by atoms with Gasteiger partial charge in [-0.2, -0.15) is 18.4 Å². The molecule has 0 aromatic carbocycles. The van der Waals surface area contributed by atoms with Crippen LogP contribution in [0.1, 0.15) is 28.9 Å². The first kappa shape index (κ1) is 13.6. The average molecular weight is 271 g/mol. The lowest BCUT2D eigenvalue weighted by atomic mass is 10.1. The van der Waals surface area contributed by atoms with Crippen molar-refractivity contribution in [2.75, 3.05) is 0 Å². The summed E-state index contributed by atoms with van der Waals surface area (Å²) < 4.78 is 62.3. The summed E-state index contributed by atoms with van der Waals surface area (Å²) in [5, 5.41) is 8.48. The zero-order valence-electron chi connectivity index (χ0n) is 8.02. The monoisotopic (exact) mass is 270 g/mol. The number of hydrogen-bond donors (Lipinski definition) is 0. The van der Waals surface area contributed by atoms with E-state index in [0.717, 1.165) is 0 Å². The van der Waals surface area contributed by atoms with Gasteiger partial charge in [-0.25, -0.2) is 13.8 Å². The standard InChI is InChI=1S/C9H4ClF5N2/c10-2-6-5(8(11)12)1-4(3-16)7(17-6)9(13,14)15/h1,8H,2H2. The minimum atomic E-state index is -4.88. The maximum Gasteiger partial charge on any atom is 0.434 e. The van der Waals surface area contributed by atoms with E-state index in [2.05, 4.69) is 4.98 Å². The van der Waals surface area contributed by atoms with Crippen molar-refractivity contribution >= 4 is 11.6 Å². The van der Waals surface area contributed by atoms with Crippen molar-refractivity contribution < 1.29 is 22.0 Å². The minimum absolute atomic E-state index is 0.470. The van der Waals surface area contributed by atoms with Gasteiger partial charge in [0.25, 0.3) is 6.43 Å². The lowest BCUT2D eigenvalue weighted by molar-refractivity contribution is -0.141. The molecule has 1 heterocycles. The summed E-state index contributed by atoms with van der Waals surface area (Å²) in [7, 11) is 0. The predicted octanol–water partition coefficient (Wildman–Crippen LogP) is 3.65. The molecule has 8 heteroatoms. The Balaban J connectivity index is 3.51. The van der Waals surface area contributed by atoms with E-state index in [1.807, 2.05) is 0 Å². The Morgan fingerprint density at radius 3 is 2.35 bits per heavy atom. The molecule has 0 radical (unpaired) electrons. The van der Waals surface area contributed by atoms with Crippen LogP contribution in [0.5, 0.6) is 0 Å². The molecule has 0 atom stereocenters. The molecule has 0 aliphatic carbocycles. The molecule has 0 saturated heterocycles. The maximum atomic E-state index is 12.5. The molecular weight excluding hydrogens is 267 g/mol. The SMILES string of the molecule is N#Cc1cc(C(F)F)c(CCl)nc1C(F)(F)F. The highest BCUT2D eigenvalue weighted by molar-refractivity contribution is 6.17. The molecule has 0 bridgehead atoms. The van der Waals surface area contributed by atoms with Crippen molar-refractivity contribution in [1.29, 1.82) is 5.26 Å². The number of alkyl halides is 6. The van der Waals surface area contributed by atoms with Crippen molar-refractivity contribution in [3.8, 4) is 6.07 Å². The Morgan fingerprint density at radius 2 is 2.00 bits per heavy atom. The molecule has 0 saturated carbocycles. The normalized spacial score (nSPS) is 11.6. The van der Waals surface area contributed by atoms with Crippen LogP contribution in [0.15, 0.2) is 6.07 Å². The van der Waals surface area contributed by atoms with Crippen LogP contribution in [-0.2, 0) is 12.1 Å². The smallest absolute Gasteiger partial charge is 0.245 e. The summed E-state index contributed by atoms with van der Waals surface area (Å²) in [5.74, 6) is -0.589. The molecule has 1 rings (SSSR count). The van der Waals surface area contributed by atoms with Crippen molar-refractivity contribution in [1.82, 2.24) is 4.98 Å². The Hall–Kier alpha value is -1.42. The highest BCUT2D eigenvalue weighted by atomic mass is 35.5. The van der Waals surface area contributed by atoms with Crippen molar-refractivity contribution in [2.24, 2.45) is 0 Å². The van der Waals surface area contributed by atoms with E-state index >= 15 is 0 Å². The molecule has 0 spiro atoms. The summed E-state index contributed by atoms with van der Waals surface area (Å²) in [5.41, 5.74) is -3.78. The van der Waals surface area contributed by atoms with Gasteiger partial charge in [0.05, 0.1) is 17.1 Å². The van der Waals surface area contributed by atoms with Gasteiger partial charge in [0.2, 0.25) is 0 Å². The number of aromatic nitrogens is 1. The number of halogens is 6. The molecule has 0 amide bonds. The first-order valence-corrected chi connectivity index (χ1v) is 4.70. The molecule has 1 aromatic heterocycles. The summed E-state index contributed by atoms with van der Waals surface area (Å²) in [6.45, 7) is 0. The van der Waals surface area contributed by atoms with Crippen molar-refractivity contribution in [3.63, 3.8) is 0 Å². The Kier molecular flexibility index (Phi) is 3.88. The van der Waals surface area contributed by atoms with E-state index in [1.54, 1.807) is 0 Å². The second kappa shape index (κ2) is 4.84. The maximum absolute atomic E-state index is 12.5. The van der Waals surface area contributed by atoms with Gasteiger partial charge in [-0.1, -0.05) is 0 Å². The third-order valence-corrected chi connectivity index (χ3v) is 2.14. The number of hydrogen-bond acceptors (Lipinski definition) is 2. The second-order valence-corrected chi connectivity index (χ2v) is 3.23. The second-order valence-electron chi connectivity index (χ2n) is 2.96. The average Bonchev–Trinajstić information content (AvgIpc) is 2.25. The van der Waals surface area contributed by atoms with Crippen LogP contribution in [-0.4, -0.2) is 4.98 Å². The summed E-state index contributed by atoms with van der Waals surface area (Å²) >= 11 is 5.25. The minimum Gasteiger partial charge on any atom is -0.245 e. The largest absolute Gasteiger partial charge is 0.434 e. The fourth-order valence-corrected chi connectivity index (χ4v) is 1.38. The molecule has 0 fully saturated rings. The van der Waals surface area contributed by atoms with Crippen LogP contribution in [0.25, 0.3) is 0 Å². The van der Waals surface area contributed by atoms with Crippen LogP contribution in [0.4, 0.5) is 22.0 Å². The fraction of sp³-hybridized carbons (Fsp3) is 0.333. The van der Waals surface area contributed by atoms with E-state index in [0.29, 0.717) is 6.07 Å². The van der Waals surface area contributed by atoms with E-state index < -0.39 is 41.0 Å². The molecule has 17 heavy (non-hydrogen) atoms. The van der Waals surface area contributed by atoms with E-state index in [-0.39, 0.29) is 0 Å². The zero-order valence-corrected chi connectivity index (χ0v) is 8.78. The fourth-order valence-electron chi connectivity index (χ4n) is 1.16. The number of nitriles is 1. The summed E-state index contributed by atoms with van der Waals surface area (Å²) in [6, 6.07) is 1.66. The third kappa shape index (κ3) is 2.82. The Labute approximate surface area is 97.6 Å². The highest BCUT2D eigenvalue weighted by Crippen LogP contribution is 2.33. The highest BCUT2D eigenvalue weighted by Gasteiger charge is 2.37. The van der Waals surface area contributed by atoms with Gasteiger partial charge in [0.15, 0.2) is 5.69 Å². The molecular formula is C9H4ClF5N2. The first-order chi connectivity index (χ1) is 7.81. The predicted molar refractivity (Wildman–Crippen MR) is 48.5 cm³/mol. The van der Waals surface area contributed by atoms with Crippen LogP contribution < -0.4 is 0 Å². The van der Waals surface area contributed by atoms with E-state index in [1.165, 1.54) is 6.07 Å². The van der Waals surface area contributed by atoms with Gasteiger partial charge >= 0.3 is 6.18 Å². The Morgan fingerprint density at radius 1 is 1.41 bits per heavy atom. The third-order valence-electron chi connectivity index (χ3n) is 1.89. The molecule has 0 aliphatic rings. The quantitative estimate of drug-likeness (QED) is 0.607. The van der Waals surface area contributed by atoms with E-state index in [9.17, 15) is 22.0 Å². The van der Waals surface area contributed by atoms with E-state index in [4.69, 9.17) is 16.9 Å². The van der Waals surface area contributed by atoms with Gasteiger partial charge in [0, 0.05) is 5.56 Å². The van der Waals surface area contributed by atoms with Gasteiger partial charge in [-0.3, -0.25) is 0 Å². The van der Waals surface area contributed by atoms with Crippen molar-refractivity contribution in [3.05, 3.63) is 28.6 Å². The molecule has 2 nitrogen and oxygen atoms in total. The molecule has 0 unspecified atom stereocenters. The topological polar surface area (TPSA) is 36.7 Å². The van der Waals surface area contributed by atoms with Gasteiger partial charge in [-0.15, -0.1) is 11.6 Å². The first-order valence-electron chi connectivity index (χ1n) is 4.16. The molecule has 1 aromatic rings.